The summed E-state index contributed by atoms with van der Waals surface area (Å²) in [6.45, 7) is 1.43. The number of aliphatic hydroxyl groups excluding tert-OH is 1. The van der Waals surface area contributed by atoms with E-state index in [-0.39, 0.29) is 11.9 Å². The lowest BCUT2D eigenvalue weighted by Gasteiger charge is -2.32. The third-order valence-corrected chi connectivity index (χ3v) is 4.47. The molecule has 0 spiro atoms. The molecule has 4 heterocycles. The number of halogens is 1. The van der Waals surface area contributed by atoms with Crippen LogP contribution in [0.25, 0.3) is 0 Å². The number of piperidine rings is 1. The number of aliphatic hydroxyl groups is 1. The van der Waals surface area contributed by atoms with Gasteiger partial charge in [0.1, 0.15) is 16.4 Å². The predicted octanol–water partition coefficient (Wildman–Crippen LogP) is 1.12. The van der Waals surface area contributed by atoms with Gasteiger partial charge in [-0.2, -0.15) is 0 Å². The fourth-order valence-corrected chi connectivity index (χ4v) is 3.31. The van der Waals surface area contributed by atoms with Crippen molar-refractivity contribution >= 4 is 30.0 Å². The van der Waals surface area contributed by atoms with E-state index < -0.39 is 6.17 Å². The topological polar surface area (TPSA) is 99.4 Å². The Morgan fingerprint density at radius 2 is 2.33 bits per heavy atom. The van der Waals surface area contributed by atoms with Gasteiger partial charge in [0.2, 0.25) is 12.0 Å². The maximum absolute atomic E-state index is 9.87. The summed E-state index contributed by atoms with van der Waals surface area (Å²) in [6.07, 6.45) is 7.75. The van der Waals surface area contributed by atoms with E-state index in [1.165, 1.54) is 0 Å². The summed E-state index contributed by atoms with van der Waals surface area (Å²) in [6, 6.07) is 0. The Morgan fingerprint density at radius 1 is 1.46 bits per heavy atom. The first kappa shape index (κ1) is 15.2. The van der Waals surface area contributed by atoms with Crippen molar-refractivity contribution in [3.05, 3.63) is 34.4 Å². The minimum atomic E-state index is -0.390. The second-order valence-electron chi connectivity index (χ2n) is 5.97. The number of rotatable bonds is 1. The molecule has 0 amide bonds. The Bertz CT molecular complexity index is 777. The number of aliphatic imine (C=N–C) groups is 2. The molecule has 0 radical (unpaired) electrons. The van der Waals surface area contributed by atoms with E-state index >= 15 is 0 Å². The largest absolute Gasteiger partial charge is 0.391 e. The van der Waals surface area contributed by atoms with Gasteiger partial charge < -0.3 is 15.3 Å². The summed E-state index contributed by atoms with van der Waals surface area (Å²) in [5.41, 5.74) is 1.41. The molecule has 0 bridgehead atoms. The van der Waals surface area contributed by atoms with Crippen LogP contribution in [-0.4, -0.2) is 58.5 Å². The number of nitrogens with one attached hydrogen (secondary N) is 2. The molecule has 0 aliphatic carbocycles. The molecular formula is C15H17ClN7O+. The molecule has 0 aromatic rings. The van der Waals surface area contributed by atoms with E-state index in [9.17, 15) is 5.11 Å². The van der Waals surface area contributed by atoms with Crippen molar-refractivity contribution in [2.24, 2.45) is 15.1 Å². The second-order valence-corrected chi connectivity index (χ2v) is 6.41. The summed E-state index contributed by atoms with van der Waals surface area (Å²) in [5, 5.41) is 25.8. The van der Waals surface area contributed by atoms with Crippen molar-refractivity contribution in [1.29, 1.82) is 5.41 Å². The smallest absolute Gasteiger partial charge is 0.308 e. The molecule has 1 fully saturated rings. The van der Waals surface area contributed by atoms with Crippen molar-refractivity contribution in [3.8, 4) is 0 Å². The summed E-state index contributed by atoms with van der Waals surface area (Å²) in [7, 11) is 0. The molecule has 9 heteroatoms. The van der Waals surface area contributed by atoms with Gasteiger partial charge in [0, 0.05) is 24.3 Å². The third-order valence-electron chi connectivity index (χ3n) is 4.28. The zero-order valence-corrected chi connectivity index (χ0v) is 13.6. The van der Waals surface area contributed by atoms with Crippen molar-refractivity contribution in [1.82, 2.24) is 10.2 Å². The van der Waals surface area contributed by atoms with Crippen LogP contribution >= 0.6 is 11.6 Å². The van der Waals surface area contributed by atoms with E-state index in [2.05, 4.69) is 25.3 Å². The first-order valence-electron chi connectivity index (χ1n) is 7.79. The number of fused-ring (bicyclic) bond motifs is 1. The van der Waals surface area contributed by atoms with Gasteiger partial charge in [0.25, 0.3) is 0 Å². The fourth-order valence-electron chi connectivity index (χ4n) is 3.16. The molecule has 24 heavy (non-hydrogen) atoms. The minimum absolute atomic E-state index is 0.145. The molecule has 4 aliphatic heterocycles. The predicted molar refractivity (Wildman–Crippen MR) is 90.2 cm³/mol. The van der Waals surface area contributed by atoms with Crippen molar-refractivity contribution in [2.75, 3.05) is 13.1 Å². The molecule has 2 unspecified atom stereocenters. The maximum Gasteiger partial charge on any atom is 0.308 e. The van der Waals surface area contributed by atoms with Gasteiger partial charge >= 0.3 is 6.17 Å². The number of allylic oxidation sites excluding steroid dienone is 2. The number of nitrogens with zero attached hydrogens (tertiary/aromatic N) is 5. The molecular weight excluding hydrogens is 330 g/mol. The highest BCUT2D eigenvalue weighted by molar-refractivity contribution is 6.39. The zero-order chi connectivity index (χ0) is 16.7. The summed E-state index contributed by atoms with van der Waals surface area (Å²) in [4.78, 5) is 10.8. The number of hydrogen-bond acceptors (Lipinski definition) is 6. The Balaban J connectivity index is 1.67. The Hall–Kier alpha value is -2.32. The van der Waals surface area contributed by atoms with E-state index in [1.54, 1.807) is 23.5 Å². The van der Waals surface area contributed by atoms with Crippen molar-refractivity contribution < 1.29 is 9.80 Å². The van der Waals surface area contributed by atoms with Gasteiger partial charge in [-0.25, -0.2) is 9.98 Å². The number of hydrogen-bond donors (Lipinski definition) is 3. The highest BCUT2D eigenvalue weighted by atomic mass is 35.5. The van der Waals surface area contributed by atoms with Crippen LogP contribution in [0.15, 0.2) is 49.5 Å². The van der Waals surface area contributed by atoms with Gasteiger partial charge in [-0.1, -0.05) is 16.3 Å². The number of likely N-dealkylation sites (tertiary alicyclic amines) is 1. The van der Waals surface area contributed by atoms with Crippen LogP contribution in [-0.2, 0) is 0 Å². The SMILES string of the molecule is N=C1N=[N+]2C=C(Cl)C=NC2/C1=C1/C=C(N2CCCC(O)C2)N=CN1. The molecule has 124 valence electrons. The molecule has 4 aliphatic rings. The van der Waals surface area contributed by atoms with Gasteiger partial charge in [-0.3, -0.25) is 5.41 Å². The number of amidine groups is 1. The second kappa shape index (κ2) is 5.95. The highest BCUT2D eigenvalue weighted by Crippen LogP contribution is 2.27. The average Bonchev–Trinajstić information content (AvgIpc) is 2.90. The van der Waals surface area contributed by atoms with Crippen LogP contribution in [0.5, 0.6) is 0 Å². The first-order valence-corrected chi connectivity index (χ1v) is 8.17. The minimum Gasteiger partial charge on any atom is -0.391 e. The normalized spacial score (nSPS) is 32.2. The Kier molecular flexibility index (Phi) is 3.78. The fraction of sp³-hybridized carbons (Fsp3) is 0.400. The molecule has 0 aromatic heterocycles. The van der Waals surface area contributed by atoms with E-state index in [0.29, 0.717) is 17.2 Å². The standard InChI is InChI=1S/C15H17ClN7O/c16-9-5-18-15-13(14(17)21-23(15)6-9)11-4-12(20-8-19-11)22-3-1-2-10(24)7-22/h4-6,8,10,15,17,24H,1-3,7H2,(H,19,20)/q+1/b13-11-,17-14?. The van der Waals surface area contributed by atoms with Gasteiger partial charge in [-0.05, 0) is 12.8 Å². The first-order chi connectivity index (χ1) is 11.6. The van der Waals surface area contributed by atoms with Crippen LogP contribution in [0.1, 0.15) is 12.8 Å². The van der Waals surface area contributed by atoms with Crippen LogP contribution in [0.3, 0.4) is 0 Å². The molecule has 0 saturated carbocycles. The number of β-amino-alcohol motifs (C(OH)–C–C–N with tert-alkyl or cyclic N) is 1. The lowest BCUT2D eigenvalue weighted by Crippen LogP contribution is -2.38. The van der Waals surface area contributed by atoms with Crippen LogP contribution in [0.4, 0.5) is 0 Å². The molecule has 3 N–H and O–H groups in total. The van der Waals surface area contributed by atoms with Gasteiger partial charge in [0.15, 0.2) is 0 Å². The van der Waals surface area contributed by atoms with Crippen LogP contribution in [0.2, 0.25) is 0 Å². The van der Waals surface area contributed by atoms with Crippen LogP contribution in [0, 0.1) is 5.41 Å². The zero-order valence-electron chi connectivity index (χ0n) is 12.9. The summed E-state index contributed by atoms with van der Waals surface area (Å²) in [5.74, 6) is 0.918. The lowest BCUT2D eigenvalue weighted by atomic mass is 10.1. The molecule has 8 nitrogen and oxygen atoms in total. The van der Waals surface area contributed by atoms with Gasteiger partial charge in [-0.15, -0.1) is 0 Å². The van der Waals surface area contributed by atoms with E-state index in [0.717, 1.165) is 30.9 Å². The average molecular weight is 347 g/mol. The highest BCUT2D eigenvalue weighted by Gasteiger charge is 2.41. The summed E-state index contributed by atoms with van der Waals surface area (Å²) < 4.78 is 1.58. The van der Waals surface area contributed by atoms with Crippen molar-refractivity contribution in [3.63, 3.8) is 0 Å². The molecule has 4 rings (SSSR count). The molecule has 2 atom stereocenters. The Labute approximate surface area is 143 Å². The lowest BCUT2D eigenvalue weighted by molar-refractivity contribution is -0.543. The van der Waals surface area contributed by atoms with Crippen LogP contribution < -0.4 is 5.32 Å². The maximum atomic E-state index is 9.87. The molecule has 1 saturated heterocycles. The third kappa shape index (κ3) is 2.67. The van der Waals surface area contributed by atoms with Gasteiger partial charge in [0.05, 0.1) is 24.4 Å². The monoisotopic (exact) mass is 346 g/mol. The van der Waals surface area contributed by atoms with E-state index in [1.807, 2.05) is 6.08 Å². The summed E-state index contributed by atoms with van der Waals surface area (Å²) >= 11 is 5.95. The van der Waals surface area contributed by atoms with E-state index in [4.69, 9.17) is 17.0 Å². The number of azo groups is 2. The molecule has 0 aromatic carbocycles. The quantitative estimate of drug-likeness (QED) is 0.620. The Morgan fingerprint density at radius 3 is 3.17 bits per heavy atom. The van der Waals surface area contributed by atoms with Crippen molar-refractivity contribution in [2.45, 2.75) is 25.1 Å².